The Hall–Kier alpha value is -0.660. The van der Waals surface area contributed by atoms with Crippen LogP contribution in [0.15, 0.2) is 21.6 Å². The van der Waals surface area contributed by atoms with Crippen LogP contribution in [0.5, 0.6) is 0 Å². The number of nitrogens with one attached hydrogen (secondary N) is 1. The Kier molecular flexibility index (Phi) is 5.62. The Morgan fingerprint density at radius 1 is 1.43 bits per heavy atom. The first-order valence-electron chi connectivity index (χ1n) is 7.32. The first-order chi connectivity index (χ1) is 9.98. The number of pyridine rings is 1. The van der Waals surface area contributed by atoms with Crippen molar-refractivity contribution in [3.63, 3.8) is 0 Å². The number of hydrogen-bond acceptors (Lipinski definition) is 4. The van der Waals surface area contributed by atoms with Crippen LogP contribution in [0.2, 0.25) is 0 Å². The van der Waals surface area contributed by atoms with Gasteiger partial charge in [0.2, 0.25) is 10.0 Å². The minimum atomic E-state index is -3.50. The van der Waals surface area contributed by atoms with E-state index in [1.165, 1.54) is 0 Å². The molecule has 1 unspecified atom stereocenters. The number of rotatable bonds is 4. The van der Waals surface area contributed by atoms with Gasteiger partial charge in [-0.1, -0.05) is 13.3 Å². The highest BCUT2D eigenvalue weighted by atomic mass is 79.9. The van der Waals surface area contributed by atoms with Crippen LogP contribution in [0.1, 0.15) is 32.6 Å². The topological polar surface area (TPSA) is 62.3 Å². The highest BCUT2D eigenvalue weighted by molar-refractivity contribution is 9.10. The normalized spacial score (nSPS) is 21.0. The zero-order chi connectivity index (χ0) is 15.5. The van der Waals surface area contributed by atoms with Crippen LogP contribution in [-0.4, -0.2) is 37.8 Å². The van der Waals surface area contributed by atoms with Gasteiger partial charge in [-0.15, -0.1) is 0 Å². The summed E-state index contributed by atoms with van der Waals surface area (Å²) in [4.78, 5) is 4.39. The molecule has 1 aliphatic heterocycles. The molecular weight excluding hydrogens is 354 g/mol. The first-order valence-corrected chi connectivity index (χ1v) is 9.55. The molecule has 1 atom stereocenters. The van der Waals surface area contributed by atoms with Crippen molar-refractivity contribution in [1.29, 1.82) is 0 Å². The molecule has 2 heterocycles. The third-order valence-corrected chi connectivity index (χ3v) is 6.40. The summed E-state index contributed by atoms with van der Waals surface area (Å²) in [5.74, 6) is 1.03. The Bertz CT molecular complexity index is 592. The smallest absolute Gasteiger partial charge is 0.246 e. The molecule has 0 aromatic carbocycles. The zero-order valence-corrected chi connectivity index (χ0v) is 14.9. The van der Waals surface area contributed by atoms with Crippen molar-refractivity contribution in [2.45, 2.75) is 37.5 Å². The lowest BCUT2D eigenvalue weighted by Gasteiger charge is -2.21. The Balaban J connectivity index is 2.31. The van der Waals surface area contributed by atoms with E-state index in [0.717, 1.165) is 25.7 Å². The third kappa shape index (κ3) is 3.76. The second-order valence-corrected chi connectivity index (χ2v) is 8.18. The highest BCUT2D eigenvalue weighted by Crippen LogP contribution is 2.29. The summed E-state index contributed by atoms with van der Waals surface area (Å²) in [5, 5.41) is 2.87. The molecule has 0 saturated carbocycles. The molecule has 1 saturated heterocycles. The van der Waals surface area contributed by atoms with E-state index in [9.17, 15) is 8.42 Å². The summed E-state index contributed by atoms with van der Waals surface area (Å²) in [6.07, 6.45) is 5.69. The van der Waals surface area contributed by atoms with Gasteiger partial charge in [-0.2, -0.15) is 4.31 Å². The second kappa shape index (κ2) is 7.07. The fourth-order valence-corrected chi connectivity index (χ4v) is 4.88. The largest absolute Gasteiger partial charge is 0.372 e. The monoisotopic (exact) mass is 375 g/mol. The molecule has 0 aliphatic carbocycles. The summed E-state index contributed by atoms with van der Waals surface area (Å²) in [6.45, 7) is 3.36. The van der Waals surface area contributed by atoms with Crippen LogP contribution in [0.4, 0.5) is 5.82 Å². The van der Waals surface area contributed by atoms with Crippen molar-refractivity contribution in [3.8, 4) is 0 Å². The first kappa shape index (κ1) is 16.7. The molecule has 1 aliphatic rings. The minimum Gasteiger partial charge on any atom is -0.372 e. The molecule has 7 heteroatoms. The van der Waals surface area contributed by atoms with Crippen molar-refractivity contribution < 1.29 is 8.42 Å². The molecule has 21 heavy (non-hydrogen) atoms. The number of anilines is 1. The molecule has 0 bridgehead atoms. The molecule has 1 aromatic heterocycles. The van der Waals surface area contributed by atoms with E-state index in [-0.39, 0.29) is 4.90 Å². The summed E-state index contributed by atoms with van der Waals surface area (Å²) in [7, 11) is -1.82. The lowest BCUT2D eigenvalue weighted by atomic mass is 9.98. The van der Waals surface area contributed by atoms with E-state index in [2.05, 4.69) is 33.2 Å². The number of halogens is 1. The van der Waals surface area contributed by atoms with E-state index in [1.807, 2.05) is 0 Å². The fourth-order valence-electron chi connectivity index (χ4n) is 2.73. The maximum absolute atomic E-state index is 12.9. The van der Waals surface area contributed by atoms with Crippen LogP contribution < -0.4 is 5.32 Å². The van der Waals surface area contributed by atoms with Crippen LogP contribution in [0.3, 0.4) is 0 Å². The average Bonchev–Trinajstić information content (AvgIpc) is 2.73. The van der Waals surface area contributed by atoms with Crippen molar-refractivity contribution >= 4 is 31.8 Å². The van der Waals surface area contributed by atoms with Gasteiger partial charge in [0.15, 0.2) is 0 Å². The molecule has 0 spiro atoms. The number of nitrogens with zero attached hydrogens (tertiary/aromatic N) is 2. The molecule has 1 aromatic rings. The zero-order valence-electron chi connectivity index (χ0n) is 12.5. The SMILES string of the molecule is CCC1CCCN(S(=O)(=O)c2cc(Br)cnc2NC)CC1. The number of sulfonamides is 1. The van der Waals surface area contributed by atoms with Crippen molar-refractivity contribution in [2.24, 2.45) is 5.92 Å². The quantitative estimate of drug-likeness (QED) is 0.877. The molecule has 5 nitrogen and oxygen atoms in total. The van der Waals surface area contributed by atoms with Crippen LogP contribution in [0.25, 0.3) is 0 Å². The lowest BCUT2D eigenvalue weighted by Crippen LogP contribution is -2.32. The summed E-state index contributed by atoms with van der Waals surface area (Å²) in [6, 6.07) is 1.62. The number of aromatic nitrogens is 1. The Morgan fingerprint density at radius 3 is 2.86 bits per heavy atom. The second-order valence-electron chi connectivity index (χ2n) is 5.36. The number of hydrogen-bond donors (Lipinski definition) is 1. The van der Waals surface area contributed by atoms with Gasteiger partial charge in [0.25, 0.3) is 0 Å². The van der Waals surface area contributed by atoms with Gasteiger partial charge in [0, 0.05) is 30.8 Å². The average molecular weight is 376 g/mol. The molecular formula is C14H22BrN3O2S. The molecule has 118 valence electrons. The summed E-state index contributed by atoms with van der Waals surface area (Å²) >= 11 is 3.30. The van der Waals surface area contributed by atoms with Gasteiger partial charge in [-0.25, -0.2) is 13.4 Å². The standard InChI is InChI=1S/C14H22BrN3O2S/c1-3-11-5-4-7-18(8-6-11)21(19,20)13-9-12(15)10-17-14(13)16-2/h9-11H,3-8H2,1-2H3,(H,16,17). The van der Waals surface area contributed by atoms with Gasteiger partial charge in [-0.3, -0.25) is 0 Å². The minimum absolute atomic E-state index is 0.245. The molecule has 1 fully saturated rings. The molecule has 1 N–H and O–H groups in total. The maximum Gasteiger partial charge on any atom is 0.246 e. The van der Waals surface area contributed by atoms with E-state index in [4.69, 9.17) is 0 Å². The van der Waals surface area contributed by atoms with Crippen LogP contribution in [0, 0.1) is 5.92 Å². The molecule has 2 rings (SSSR count). The molecule has 0 amide bonds. The molecule has 0 radical (unpaired) electrons. The summed E-state index contributed by atoms with van der Waals surface area (Å²) in [5.41, 5.74) is 0. The highest BCUT2D eigenvalue weighted by Gasteiger charge is 2.29. The van der Waals surface area contributed by atoms with Gasteiger partial charge < -0.3 is 5.32 Å². The lowest BCUT2D eigenvalue weighted by molar-refractivity contribution is 0.407. The van der Waals surface area contributed by atoms with Gasteiger partial charge >= 0.3 is 0 Å². The summed E-state index contributed by atoms with van der Waals surface area (Å²) < 4.78 is 28.1. The van der Waals surface area contributed by atoms with E-state index >= 15 is 0 Å². The van der Waals surface area contributed by atoms with E-state index in [0.29, 0.717) is 29.3 Å². The Labute approximate surface area is 135 Å². The predicted molar refractivity (Wildman–Crippen MR) is 87.9 cm³/mol. The van der Waals surface area contributed by atoms with Crippen LogP contribution in [-0.2, 0) is 10.0 Å². The van der Waals surface area contributed by atoms with Crippen molar-refractivity contribution in [3.05, 3.63) is 16.7 Å². The predicted octanol–water partition coefficient (Wildman–Crippen LogP) is 3.09. The van der Waals surface area contributed by atoms with Gasteiger partial charge in [0.05, 0.1) is 0 Å². The van der Waals surface area contributed by atoms with Gasteiger partial charge in [0.1, 0.15) is 10.7 Å². The maximum atomic E-state index is 12.9. The van der Waals surface area contributed by atoms with E-state index < -0.39 is 10.0 Å². The van der Waals surface area contributed by atoms with Gasteiger partial charge in [-0.05, 0) is 47.2 Å². The van der Waals surface area contributed by atoms with Crippen molar-refractivity contribution in [2.75, 3.05) is 25.5 Å². The van der Waals surface area contributed by atoms with Crippen molar-refractivity contribution in [1.82, 2.24) is 9.29 Å². The third-order valence-electron chi connectivity index (χ3n) is 4.06. The fraction of sp³-hybridized carbons (Fsp3) is 0.643. The Morgan fingerprint density at radius 2 is 2.19 bits per heavy atom. The van der Waals surface area contributed by atoms with Crippen LogP contribution >= 0.6 is 15.9 Å². The van der Waals surface area contributed by atoms with E-state index in [1.54, 1.807) is 23.6 Å².